The Labute approximate surface area is 126 Å². The molecule has 4 nitrogen and oxygen atoms in total. The SMILES string of the molecule is CCC(N)c1c(C)nn(CCc2ccc(OC)cc2)c1C. The number of methoxy groups -OCH3 is 1. The molecule has 0 aliphatic carbocycles. The third kappa shape index (κ3) is 3.45. The van der Waals surface area contributed by atoms with Crippen LogP contribution in [-0.4, -0.2) is 16.9 Å². The van der Waals surface area contributed by atoms with Crippen molar-refractivity contribution in [3.8, 4) is 5.75 Å². The Kier molecular flexibility index (Phi) is 5.02. The zero-order valence-electron chi connectivity index (χ0n) is 13.4. The number of benzene rings is 1. The average Bonchev–Trinajstić information content (AvgIpc) is 2.79. The van der Waals surface area contributed by atoms with Gasteiger partial charge in [0.15, 0.2) is 0 Å². The van der Waals surface area contributed by atoms with Crippen LogP contribution in [0.3, 0.4) is 0 Å². The largest absolute Gasteiger partial charge is 0.497 e. The molecular weight excluding hydrogens is 262 g/mol. The van der Waals surface area contributed by atoms with Crippen molar-refractivity contribution in [3.63, 3.8) is 0 Å². The number of hydrogen-bond acceptors (Lipinski definition) is 3. The highest BCUT2D eigenvalue weighted by molar-refractivity contribution is 5.29. The lowest BCUT2D eigenvalue weighted by Gasteiger charge is -2.10. The first-order chi connectivity index (χ1) is 10.1. The highest BCUT2D eigenvalue weighted by Crippen LogP contribution is 2.22. The van der Waals surface area contributed by atoms with Crippen LogP contribution in [0.1, 0.15) is 41.9 Å². The molecule has 4 heteroatoms. The lowest BCUT2D eigenvalue weighted by molar-refractivity contribution is 0.414. The number of nitrogens with zero attached hydrogens (tertiary/aromatic N) is 2. The molecule has 1 heterocycles. The molecule has 0 spiro atoms. The van der Waals surface area contributed by atoms with E-state index in [4.69, 9.17) is 10.5 Å². The van der Waals surface area contributed by atoms with Crippen molar-refractivity contribution >= 4 is 0 Å². The van der Waals surface area contributed by atoms with Crippen molar-refractivity contribution in [1.29, 1.82) is 0 Å². The Morgan fingerprint density at radius 2 is 1.90 bits per heavy atom. The van der Waals surface area contributed by atoms with Crippen LogP contribution < -0.4 is 10.5 Å². The molecular formula is C17H25N3O. The number of aromatic nitrogens is 2. The summed E-state index contributed by atoms with van der Waals surface area (Å²) < 4.78 is 7.25. The van der Waals surface area contributed by atoms with Gasteiger partial charge in [-0.15, -0.1) is 0 Å². The van der Waals surface area contributed by atoms with Crippen molar-refractivity contribution < 1.29 is 4.74 Å². The first-order valence-corrected chi connectivity index (χ1v) is 7.49. The molecule has 1 unspecified atom stereocenters. The van der Waals surface area contributed by atoms with Gasteiger partial charge in [-0.2, -0.15) is 5.10 Å². The Morgan fingerprint density at radius 3 is 2.48 bits per heavy atom. The summed E-state index contributed by atoms with van der Waals surface area (Å²) in [5.41, 5.74) is 10.9. The molecule has 2 N–H and O–H groups in total. The minimum Gasteiger partial charge on any atom is -0.497 e. The molecule has 2 rings (SSSR count). The fourth-order valence-corrected chi connectivity index (χ4v) is 2.70. The van der Waals surface area contributed by atoms with Crippen molar-refractivity contribution in [1.82, 2.24) is 9.78 Å². The molecule has 2 aromatic rings. The smallest absolute Gasteiger partial charge is 0.118 e. The zero-order valence-corrected chi connectivity index (χ0v) is 13.4. The van der Waals surface area contributed by atoms with E-state index < -0.39 is 0 Å². The maximum absolute atomic E-state index is 6.18. The molecule has 1 aromatic carbocycles. The lowest BCUT2D eigenvalue weighted by atomic mass is 10.0. The summed E-state index contributed by atoms with van der Waals surface area (Å²) in [4.78, 5) is 0. The fraction of sp³-hybridized carbons (Fsp3) is 0.471. The molecule has 21 heavy (non-hydrogen) atoms. The van der Waals surface area contributed by atoms with Crippen molar-refractivity contribution in [2.24, 2.45) is 5.73 Å². The van der Waals surface area contributed by atoms with Gasteiger partial charge in [0.05, 0.1) is 12.8 Å². The highest BCUT2D eigenvalue weighted by atomic mass is 16.5. The van der Waals surface area contributed by atoms with Crippen LogP contribution in [0, 0.1) is 13.8 Å². The predicted molar refractivity (Wildman–Crippen MR) is 85.6 cm³/mol. The highest BCUT2D eigenvalue weighted by Gasteiger charge is 2.16. The second kappa shape index (κ2) is 6.76. The lowest BCUT2D eigenvalue weighted by Crippen LogP contribution is -2.11. The van der Waals surface area contributed by atoms with Gasteiger partial charge in [0, 0.05) is 23.8 Å². The van der Waals surface area contributed by atoms with E-state index in [0.717, 1.165) is 30.8 Å². The van der Waals surface area contributed by atoms with E-state index in [-0.39, 0.29) is 6.04 Å². The molecule has 0 fully saturated rings. The molecule has 0 aliphatic heterocycles. The van der Waals surface area contributed by atoms with Gasteiger partial charge in [-0.1, -0.05) is 19.1 Å². The van der Waals surface area contributed by atoms with Gasteiger partial charge in [0.25, 0.3) is 0 Å². The average molecular weight is 287 g/mol. The standard InChI is InChI=1S/C17H25N3O/c1-5-16(18)17-12(2)19-20(13(17)3)11-10-14-6-8-15(21-4)9-7-14/h6-9,16H,5,10-11,18H2,1-4H3. The van der Waals surface area contributed by atoms with Crippen LogP contribution in [0.25, 0.3) is 0 Å². The van der Waals surface area contributed by atoms with Gasteiger partial charge < -0.3 is 10.5 Å². The second-order valence-electron chi connectivity index (χ2n) is 5.42. The first-order valence-electron chi connectivity index (χ1n) is 7.49. The normalized spacial score (nSPS) is 12.4. The molecule has 0 radical (unpaired) electrons. The van der Waals surface area contributed by atoms with Crippen LogP contribution in [-0.2, 0) is 13.0 Å². The summed E-state index contributed by atoms with van der Waals surface area (Å²) >= 11 is 0. The fourth-order valence-electron chi connectivity index (χ4n) is 2.70. The van der Waals surface area contributed by atoms with Crippen LogP contribution >= 0.6 is 0 Å². The van der Waals surface area contributed by atoms with Gasteiger partial charge in [-0.25, -0.2) is 0 Å². The van der Waals surface area contributed by atoms with E-state index in [2.05, 4.69) is 35.8 Å². The Morgan fingerprint density at radius 1 is 1.24 bits per heavy atom. The van der Waals surface area contributed by atoms with Crippen LogP contribution in [0.15, 0.2) is 24.3 Å². The van der Waals surface area contributed by atoms with Gasteiger partial charge in [-0.3, -0.25) is 4.68 Å². The number of hydrogen-bond donors (Lipinski definition) is 1. The summed E-state index contributed by atoms with van der Waals surface area (Å²) in [7, 11) is 1.68. The summed E-state index contributed by atoms with van der Waals surface area (Å²) in [6.45, 7) is 7.13. The Hall–Kier alpha value is -1.81. The monoisotopic (exact) mass is 287 g/mol. The maximum Gasteiger partial charge on any atom is 0.118 e. The van der Waals surface area contributed by atoms with Crippen LogP contribution in [0.5, 0.6) is 5.75 Å². The summed E-state index contributed by atoms with van der Waals surface area (Å²) in [6.07, 6.45) is 1.89. The van der Waals surface area contributed by atoms with Gasteiger partial charge in [0.1, 0.15) is 5.75 Å². The zero-order chi connectivity index (χ0) is 15.4. The van der Waals surface area contributed by atoms with E-state index in [1.54, 1.807) is 7.11 Å². The molecule has 1 aromatic heterocycles. The Balaban J connectivity index is 2.09. The second-order valence-corrected chi connectivity index (χ2v) is 5.42. The predicted octanol–water partition coefficient (Wildman–Crippen LogP) is 3.16. The summed E-state index contributed by atoms with van der Waals surface area (Å²) in [5.74, 6) is 0.890. The van der Waals surface area contributed by atoms with Crippen molar-refractivity contribution in [2.75, 3.05) is 7.11 Å². The number of nitrogens with two attached hydrogens (primary N) is 1. The van der Waals surface area contributed by atoms with E-state index in [1.807, 2.05) is 19.1 Å². The van der Waals surface area contributed by atoms with Crippen LogP contribution in [0.2, 0.25) is 0 Å². The quantitative estimate of drug-likeness (QED) is 0.888. The van der Waals surface area contributed by atoms with Crippen molar-refractivity contribution in [2.45, 2.75) is 46.2 Å². The topological polar surface area (TPSA) is 53.1 Å². The molecule has 0 amide bonds. The van der Waals surface area contributed by atoms with E-state index in [0.29, 0.717) is 0 Å². The van der Waals surface area contributed by atoms with Gasteiger partial charge in [0.2, 0.25) is 0 Å². The molecule has 0 aliphatic rings. The summed E-state index contributed by atoms with van der Waals surface area (Å²) in [5, 5.41) is 4.64. The number of ether oxygens (including phenoxy) is 1. The number of aryl methyl sites for hydroxylation is 3. The maximum atomic E-state index is 6.18. The minimum absolute atomic E-state index is 0.0831. The third-order valence-electron chi connectivity index (χ3n) is 4.02. The molecule has 0 saturated carbocycles. The van der Waals surface area contributed by atoms with E-state index in [1.165, 1.54) is 16.8 Å². The molecule has 0 bridgehead atoms. The molecule has 0 saturated heterocycles. The van der Waals surface area contributed by atoms with Crippen LogP contribution in [0.4, 0.5) is 0 Å². The summed E-state index contributed by atoms with van der Waals surface area (Å²) in [6, 6.07) is 8.27. The van der Waals surface area contributed by atoms with E-state index >= 15 is 0 Å². The Bertz CT molecular complexity index is 587. The minimum atomic E-state index is 0.0831. The molecule has 114 valence electrons. The molecule has 1 atom stereocenters. The third-order valence-corrected chi connectivity index (χ3v) is 4.02. The van der Waals surface area contributed by atoms with Crippen molar-refractivity contribution in [3.05, 3.63) is 46.8 Å². The van der Waals surface area contributed by atoms with Gasteiger partial charge >= 0.3 is 0 Å². The van der Waals surface area contributed by atoms with Gasteiger partial charge in [-0.05, 0) is 44.4 Å². The number of rotatable bonds is 6. The first kappa shape index (κ1) is 15.6. The van der Waals surface area contributed by atoms with E-state index in [9.17, 15) is 0 Å².